The molecule has 28 heavy (non-hydrogen) atoms. The van der Waals surface area contributed by atoms with Gasteiger partial charge in [0.25, 0.3) is 11.8 Å². The summed E-state index contributed by atoms with van der Waals surface area (Å²) in [5, 5.41) is 5.68. The van der Waals surface area contributed by atoms with Crippen LogP contribution in [0.5, 0.6) is 5.75 Å². The zero-order valence-electron chi connectivity index (χ0n) is 16.1. The van der Waals surface area contributed by atoms with Crippen LogP contribution in [0.25, 0.3) is 0 Å². The number of methoxy groups -OCH3 is 1. The molecule has 0 atom stereocenters. The van der Waals surface area contributed by atoms with Crippen LogP contribution in [-0.2, 0) is 0 Å². The third-order valence-corrected chi connectivity index (χ3v) is 4.24. The first-order valence-electron chi connectivity index (χ1n) is 8.90. The Balaban J connectivity index is 1.69. The van der Waals surface area contributed by atoms with Crippen LogP contribution in [0.4, 0.5) is 11.4 Å². The maximum absolute atomic E-state index is 12.5. The highest BCUT2D eigenvalue weighted by Gasteiger charge is 2.11. The van der Waals surface area contributed by atoms with Gasteiger partial charge in [0.05, 0.1) is 12.8 Å². The first-order chi connectivity index (χ1) is 13.5. The fraction of sp³-hybridized carbons (Fsp3) is 0.130. The van der Waals surface area contributed by atoms with E-state index in [1.807, 2.05) is 44.2 Å². The Bertz CT molecular complexity index is 990. The number of para-hydroxylation sites is 2. The molecule has 0 saturated heterocycles. The van der Waals surface area contributed by atoms with Crippen LogP contribution >= 0.6 is 0 Å². The molecule has 3 aromatic rings. The van der Waals surface area contributed by atoms with Crippen LogP contribution in [0.2, 0.25) is 0 Å². The van der Waals surface area contributed by atoms with Gasteiger partial charge in [-0.1, -0.05) is 29.3 Å². The fourth-order valence-electron chi connectivity index (χ4n) is 2.96. The van der Waals surface area contributed by atoms with Crippen LogP contribution in [0.15, 0.2) is 66.7 Å². The maximum atomic E-state index is 12.5. The second-order valence-corrected chi connectivity index (χ2v) is 6.56. The van der Waals surface area contributed by atoms with Crippen molar-refractivity contribution in [3.63, 3.8) is 0 Å². The number of hydrogen-bond acceptors (Lipinski definition) is 3. The van der Waals surface area contributed by atoms with Crippen molar-refractivity contribution in [1.82, 2.24) is 0 Å². The number of anilines is 2. The predicted molar refractivity (Wildman–Crippen MR) is 111 cm³/mol. The van der Waals surface area contributed by atoms with Gasteiger partial charge in [-0.15, -0.1) is 0 Å². The molecular weight excluding hydrogens is 352 g/mol. The quantitative estimate of drug-likeness (QED) is 0.673. The van der Waals surface area contributed by atoms with Gasteiger partial charge in [0.1, 0.15) is 5.75 Å². The molecule has 5 heteroatoms. The lowest BCUT2D eigenvalue weighted by Crippen LogP contribution is -2.14. The standard InChI is InChI=1S/C23H22N2O3/c1-15-12-16(2)14-18(13-15)23(27)24-19-10-8-17(9-11-19)22(26)25-20-6-4-5-7-21(20)28-3/h4-14H,1-3H3,(H,24,27)(H,25,26). The van der Waals surface area contributed by atoms with Gasteiger partial charge in [0.15, 0.2) is 0 Å². The van der Waals surface area contributed by atoms with Crippen molar-refractivity contribution in [3.8, 4) is 5.75 Å². The second-order valence-electron chi connectivity index (χ2n) is 6.56. The van der Waals surface area contributed by atoms with Crippen molar-refractivity contribution in [2.75, 3.05) is 17.7 Å². The minimum atomic E-state index is -0.253. The van der Waals surface area contributed by atoms with Crippen molar-refractivity contribution in [2.45, 2.75) is 13.8 Å². The first-order valence-corrected chi connectivity index (χ1v) is 8.90. The monoisotopic (exact) mass is 374 g/mol. The molecule has 0 unspecified atom stereocenters. The molecule has 0 saturated carbocycles. The third-order valence-electron chi connectivity index (χ3n) is 4.24. The molecular formula is C23H22N2O3. The SMILES string of the molecule is COc1ccccc1NC(=O)c1ccc(NC(=O)c2cc(C)cc(C)c2)cc1. The molecule has 0 aliphatic rings. The van der Waals surface area contributed by atoms with E-state index in [-0.39, 0.29) is 11.8 Å². The van der Waals surface area contributed by atoms with E-state index < -0.39 is 0 Å². The normalized spacial score (nSPS) is 10.2. The Morgan fingerprint density at radius 3 is 2.00 bits per heavy atom. The minimum Gasteiger partial charge on any atom is -0.495 e. The summed E-state index contributed by atoms with van der Waals surface area (Å²) in [6.45, 7) is 3.91. The Labute approximate surface area is 164 Å². The van der Waals surface area contributed by atoms with Crippen LogP contribution in [0, 0.1) is 13.8 Å². The maximum Gasteiger partial charge on any atom is 0.255 e. The van der Waals surface area contributed by atoms with Gasteiger partial charge < -0.3 is 15.4 Å². The number of rotatable bonds is 5. The summed E-state index contributed by atoms with van der Waals surface area (Å²) in [6, 6.07) is 19.7. The highest BCUT2D eigenvalue weighted by Crippen LogP contribution is 2.24. The Morgan fingerprint density at radius 2 is 1.36 bits per heavy atom. The number of aryl methyl sites for hydroxylation is 2. The lowest BCUT2D eigenvalue weighted by Gasteiger charge is -2.11. The van der Waals surface area contributed by atoms with E-state index in [0.717, 1.165) is 11.1 Å². The average molecular weight is 374 g/mol. The lowest BCUT2D eigenvalue weighted by molar-refractivity contribution is 0.101. The molecule has 3 rings (SSSR count). The topological polar surface area (TPSA) is 67.4 Å². The predicted octanol–water partition coefficient (Wildman–Crippen LogP) is 4.82. The lowest BCUT2D eigenvalue weighted by atomic mass is 10.1. The zero-order valence-corrected chi connectivity index (χ0v) is 16.1. The third kappa shape index (κ3) is 4.57. The van der Waals surface area contributed by atoms with Crippen LogP contribution < -0.4 is 15.4 Å². The van der Waals surface area contributed by atoms with E-state index in [1.165, 1.54) is 0 Å². The number of ether oxygens (including phenoxy) is 1. The van der Waals surface area contributed by atoms with Crippen molar-refractivity contribution in [3.05, 3.63) is 89.0 Å². The molecule has 0 heterocycles. The summed E-state index contributed by atoms with van der Waals surface area (Å²) in [5.74, 6) is 0.155. The van der Waals surface area contributed by atoms with Crippen molar-refractivity contribution < 1.29 is 14.3 Å². The fourth-order valence-corrected chi connectivity index (χ4v) is 2.96. The molecule has 142 valence electrons. The number of carbonyl (C=O) groups is 2. The zero-order chi connectivity index (χ0) is 20.1. The molecule has 2 N–H and O–H groups in total. The summed E-state index contributed by atoms with van der Waals surface area (Å²) < 4.78 is 5.24. The molecule has 2 amide bonds. The molecule has 3 aromatic carbocycles. The smallest absolute Gasteiger partial charge is 0.255 e. The molecule has 5 nitrogen and oxygen atoms in total. The van der Waals surface area contributed by atoms with Crippen molar-refractivity contribution >= 4 is 23.2 Å². The summed E-state index contributed by atoms with van der Waals surface area (Å²) in [7, 11) is 1.55. The van der Waals surface area contributed by atoms with Crippen LogP contribution in [0.1, 0.15) is 31.8 Å². The number of benzene rings is 3. The van der Waals surface area contributed by atoms with Gasteiger partial charge in [-0.2, -0.15) is 0 Å². The molecule has 0 spiro atoms. The number of hydrogen-bond donors (Lipinski definition) is 2. The summed E-state index contributed by atoms with van der Waals surface area (Å²) in [6.07, 6.45) is 0. The van der Waals surface area contributed by atoms with E-state index in [1.54, 1.807) is 43.5 Å². The first kappa shape index (κ1) is 19.2. The molecule has 0 aliphatic heterocycles. The second kappa shape index (κ2) is 8.39. The number of amides is 2. The van der Waals surface area contributed by atoms with E-state index in [2.05, 4.69) is 10.6 Å². The summed E-state index contributed by atoms with van der Waals surface area (Å²) in [5.41, 5.74) is 4.38. The summed E-state index contributed by atoms with van der Waals surface area (Å²) >= 11 is 0. The van der Waals surface area contributed by atoms with Gasteiger partial charge in [-0.05, 0) is 62.4 Å². The Hall–Kier alpha value is -3.60. The Morgan fingerprint density at radius 1 is 0.750 bits per heavy atom. The van der Waals surface area contributed by atoms with E-state index >= 15 is 0 Å². The minimum absolute atomic E-state index is 0.182. The van der Waals surface area contributed by atoms with Gasteiger partial charge in [-0.3, -0.25) is 9.59 Å². The van der Waals surface area contributed by atoms with Gasteiger partial charge in [-0.25, -0.2) is 0 Å². The van der Waals surface area contributed by atoms with Crippen molar-refractivity contribution in [1.29, 1.82) is 0 Å². The molecule has 0 fully saturated rings. The van der Waals surface area contributed by atoms with E-state index in [9.17, 15) is 9.59 Å². The number of nitrogens with one attached hydrogen (secondary N) is 2. The molecule has 0 aliphatic carbocycles. The van der Waals surface area contributed by atoms with Gasteiger partial charge in [0.2, 0.25) is 0 Å². The summed E-state index contributed by atoms with van der Waals surface area (Å²) in [4.78, 5) is 24.9. The largest absolute Gasteiger partial charge is 0.495 e. The highest BCUT2D eigenvalue weighted by molar-refractivity contribution is 6.06. The van der Waals surface area contributed by atoms with Crippen LogP contribution in [0.3, 0.4) is 0 Å². The van der Waals surface area contributed by atoms with E-state index in [0.29, 0.717) is 28.3 Å². The van der Waals surface area contributed by atoms with E-state index in [4.69, 9.17) is 4.74 Å². The molecule has 0 radical (unpaired) electrons. The molecule has 0 aromatic heterocycles. The van der Waals surface area contributed by atoms with Gasteiger partial charge in [0, 0.05) is 16.8 Å². The van der Waals surface area contributed by atoms with Gasteiger partial charge >= 0.3 is 0 Å². The molecule has 0 bridgehead atoms. The van der Waals surface area contributed by atoms with Crippen LogP contribution in [-0.4, -0.2) is 18.9 Å². The Kier molecular flexibility index (Phi) is 5.75. The van der Waals surface area contributed by atoms with Crippen molar-refractivity contribution in [2.24, 2.45) is 0 Å². The number of carbonyl (C=O) groups excluding carboxylic acids is 2. The highest BCUT2D eigenvalue weighted by atomic mass is 16.5. The average Bonchev–Trinajstić information content (AvgIpc) is 2.68.